The van der Waals surface area contributed by atoms with Gasteiger partial charge >= 0.3 is 0 Å². The van der Waals surface area contributed by atoms with Crippen LogP contribution in [-0.2, 0) is 21.8 Å². The first-order chi connectivity index (χ1) is 11.9. The molecule has 1 amide bonds. The molecule has 0 spiro atoms. The van der Waals surface area contributed by atoms with Crippen molar-refractivity contribution in [3.8, 4) is 0 Å². The first-order valence-electron chi connectivity index (χ1n) is 7.77. The van der Waals surface area contributed by atoms with Crippen LogP contribution in [0.15, 0.2) is 39.7 Å². The van der Waals surface area contributed by atoms with Crippen molar-refractivity contribution in [3.63, 3.8) is 0 Å². The smallest absolute Gasteiger partial charge is 0.279 e. The molecule has 2 heterocycles. The number of morpholine rings is 1. The molecule has 0 unspecified atom stereocenters. The molecule has 2 aromatic rings. The number of amides is 1. The predicted molar refractivity (Wildman–Crippen MR) is 93.9 cm³/mol. The molecule has 0 atom stereocenters. The van der Waals surface area contributed by atoms with Crippen LogP contribution >= 0.6 is 11.3 Å². The van der Waals surface area contributed by atoms with Gasteiger partial charge in [0.05, 0.1) is 18.1 Å². The monoisotopic (exact) mass is 381 g/mol. The average molecular weight is 381 g/mol. The Morgan fingerprint density at radius 1 is 1.28 bits per heavy atom. The first kappa shape index (κ1) is 18.0. The van der Waals surface area contributed by atoms with Gasteiger partial charge in [-0.15, -0.1) is 11.3 Å². The highest BCUT2D eigenvalue weighted by Gasteiger charge is 2.27. The van der Waals surface area contributed by atoms with Crippen LogP contribution in [0.4, 0.5) is 0 Å². The van der Waals surface area contributed by atoms with Crippen molar-refractivity contribution in [2.45, 2.75) is 11.8 Å². The van der Waals surface area contributed by atoms with E-state index < -0.39 is 15.9 Å². The number of rotatable bonds is 3. The summed E-state index contributed by atoms with van der Waals surface area (Å²) >= 11 is 1.35. The summed E-state index contributed by atoms with van der Waals surface area (Å²) in [6.45, 7) is 3.15. The van der Waals surface area contributed by atoms with Gasteiger partial charge in [-0.05, 0) is 24.6 Å². The van der Waals surface area contributed by atoms with E-state index in [4.69, 9.17) is 4.74 Å². The van der Waals surface area contributed by atoms with Crippen molar-refractivity contribution >= 4 is 27.3 Å². The van der Waals surface area contributed by atoms with Crippen LogP contribution < -0.4 is 4.80 Å². The molecule has 1 saturated heterocycles. The van der Waals surface area contributed by atoms with Gasteiger partial charge in [0.15, 0.2) is 4.80 Å². The molecule has 3 rings (SSSR count). The maximum absolute atomic E-state index is 12.8. The molecule has 1 aromatic heterocycles. The number of hydrogen-bond acceptors (Lipinski definition) is 5. The van der Waals surface area contributed by atoms with Crippen molar-refractivity contribution < 1.29 is 17.9 Å². The Kier molecular flexibility index (Phi) is 5.19. The van der Waals surface area contributed by atoms with Crippen LogP contribution in [0.25, 0.3) is 0 Å². The molecular weight excluding hydrogens is 362 g/mol. The standard InChI is InChI=1S/C16H19N3O4S2/c1-12-3-4-13(25(21,22)19-5-8-23-9-6-19)11-14(12)15(20)17-16-18(2)7-10-24-16/h3-4,7,10-11H,5-6,8-9H2,1-2H3. The number of aromatic nitrogens is 1. The van der Waals surface area contributed by atoms with E-state index in [1.54, 1.807) is 24.6 Å². The number of carbonyl (C=O) groups is 1. The van der Waals surface area contributed by atoms with E-state index in [1.165, 1.54) is 27.8 Å². The van der Waals surface area contributed by atoms with Crippen LogP contribution in [-0.4, -0.2) is 49.5 Å². The van der Waals surface area contributed by atoms with E-state index in [0.717, 1.165) is 0 Å². The lowest BCUT2D eigenvalue weighted by Gasteiger charge is -2.26. The SMILES string of the molecule is Cc1ccc(S(=O)(=O)N2CCOCC2)cc1C(=O)N=c1sccn1C. The second-order valence-electron chi connectivity index (χ2n) is 5.71. The van der Waals surface area contributed by atoms with Gasteiger partial charge < -0.3 is 9.30 Å². The van der Waals surface area contributed by atoms with E-state index in [1.807, 2.05) is 11.6 Å². The normalized spacial score (nSPS) is 17.0. The van der Waals surface area contributed by atoms with Gasteiger partial charge in [-0.25, -0.2) is 8.42 Å². The first-order valence-corrected chi connectivity index (χ1v) is 10.1. The van der Waals surface area contributed by atoms with Crippen molar-refractivity contribution in [2.75, 3.05) is 26.3 Å². The van der Waals surface area contributed by atoms with Gasteiger partial charge in [0.2, 0.25) is 10.0 Å². The molecule has 0 radical (unpaired) electrons. The fourth-order valence-corrected chi connectivity index (χ4v) is 4.67. The summed E-state index contributed by atoms with van der Waals surface area (Å²) in [6.07, 6.45) is 1.81. The fourth-order valence-electron chi connectivity index (χ4n) is 2.51. The molecule has 0 N–H and O–H groups in total. The minimum Gasteiger partial charge on any atom is -0.379 e. The number of thiazole rings is 1. The molecular formula is C16H19N3O4S2. The Labute approximate surface area is 150 Å². The summed E-state index contributed by atoms with van der Waals surface area (Å²) in [6, 6.07) is 4.59. The third kappa shape index (κ3) is 3.74. The molecule has 1 aliphatic rings. The summed E-state index contributed by atoms with van der Waals surface area (Å²) < 4.78 is 33.9. The largest absolute Gasteiger partial charge is 0.379 e. The molecule has 1 fully saturated rings. The third-order valence-corrected chi connectivity index (χ3v) is 6.75. The predicted octanol–water partition coefficient (Wildman–Crippen LogP) is 1.16. The minimum atomic E-state index is -3.65. The van der Waals surface area contributed by atoms with Gasteiger partial charge in [0.25, 0.3) is 5.91 Å². The molecule has 1 aliphatic heterocycles. The number of nitrogens with zero attached hydrogens (tertiary/aromatic N) is 3. The molecule has 1 aromatic carbocycles. The quantitative estimate of drug-likeness (QED) is 0.799. The van der Waals surface area contributed by atoms with Crippen LogP contribution in [0.3, 0.4) is 0 Å². The number of ether oxygens (including phenoxy) is 1. The van der Waals surface area contributed by atoms with Gasteiger partial charge in [0.1, 0.15) is 0 Å². The maximum Gasteiger partial charge on any atom is 0.279 e. The average Bonchev–Trinajstić information content (AvgIpc) is 3.00. The second kappa shape index (κ2) is 7.20. The number of hydrogen-bond donors (Lipinski definition) is 0. The van der Waals surface area contributed by atoms with Gasteiger partial charge in [-0.3, -0.25) is 4.79 Å². The van der Waals surface area contributed by atoms with Crippen molar-refractivity contribution in [1.82, 2.24) is 8.87 Å². The summed E-state index contributed by atoms with van der Waals surface area (Å²) in [5, 5.41) is 1.83. The lowest BCUT2D eigenvalue weighted by atomic mass is 10.1. The number of benzene rings is 1. The molecule has 25 heavy (non-hydrogen) atoms. The van der Waals surface area contributed by atoms with Crippen LogP contribution in [0.2, 0.25) is 0 Å². The van der Waals surface area contributed by atoms with E-state index in [2.05, 4.69) is 4.99 Å². The van der Waals surface area contributed by atoms with Gasteiger partial charge in [-0.2, -0.15) is 9.30 Å². The Balaban J connectivity index is 1.98. The summed E-state index contributed by atoms with van der Waals surface area (Å²) in [5.41, 5.74) is 0.983. The zero-order chi connectivity index (χ0) is 18.0. The summed E-state index contributed by atoms with van der Waals surface area (Å²) in [4.78, 5) is 17.3. The van der Waals surface area contributed by atoms with E-state index in [0.29, 0.717) is 42.2 Å². The molecule has 9 heteroatoms. The number of carbonyl (C=O) groups excluding carboxylic acids is 1. The highest BCUT2D eigenvalue weighted by atomic mass is 32.2. The molecule has 0 aliphatic carbocycles. The molecule has 7 nitrogen and oxygen atoms in total. The Morgan fingerprint density at radius 3 is 2.64 bits per heavy atom. The Hall–Kier alpha value is -1.81. The number of sulfonamides is 1. The Bertz CT molecular complexity index is 954. The van der Waals surface area contributed by atoms with Crippen molar-refractivity contribution in [2.24, 2.45) is 12.0 Å². The number of aryl methyl sites for hydroxylation is 2. The topological polar surface area (TPSA) is 81.0 Å². The molecule has 0 bridgehead atoms. The Morgan fingerprint density at radius 2 is 2.00 bits per heavy atom. The van der Waals surface area contributed by atoms with E-state index in [-0.39, 0.29) is 4.90 Å². The maximum atomic E-state index is 12.8. The fraction of sp³-hybridized carbons (Fsp3) is 0.375. The van der Waals surface area contributed by atoms with Crippen molar-refractivity contribution in [1.29, 1.82) is 0 Å². The summed E-state index contributed by atoms with van der Waals surface area (Å²) in [5.74, 6) is -0.449. The minimum absolute atomic E-state index is 0.106. The van der Waals surface area contributed by atoms with E-state index in [9.17, 15) is 13.2 Å². The summed E-state index contributed by atoms with van der Waals surface area (Å²) in [7, 11) is -1.85. The molecule has 0 saturated carbocycles. The van der Waals surface area contributed by atoms with Gasteiger partial charge in [-0.1, -0.05) is 6.07 Å². The zero-order valence-electron chi connectivity index (χ0n) is 14.0. The lowest BCUT2D eigenvalue weighted by molar-refractivity contribution is 0.0730. The third-order valence-electron chi connectivity index (χ3n) is 4.00. The van der Waals surface area contributed by atoms with Crippen LogP contribution in [0.5, 0.6) is 0 Å². The van der Waals surface area contributed by atoms with Gasteiger partial charge in [0, 0.05) is 37.3 Å². The zero-order valence-corrected chi connectivity index (χ0v) is 15.6. The van der Waals surface area contributed by atoms with E-state index >= 15 is 0 Å². The van der Waals surface area contributed by atoms with Crippen LogP contribution in [0.1, 0.15) is 15.9 Å². The lowest BCUT2D eigenvalue weighted by Crippen LogP contribution is -2.40. The highest BCUT2D eigenvalue weighted by molar-refractivity contribution is 7.89. The van der Waals surface area contributed by atoms with Crippen molar-refractivity contribution in [3.05, 3.63) is 45.7 Å². The highest BCUT2D eigenvalue weighted by Crippen LogP contribution is 2.21. The molecule has 134 valence electrons. The second-order valence-corrected chi connectivity index (χ2v) is 8.52. The van der Waals surface area contributed by atoms with Crippen LogP contribution in [0, 0.1) is 6.92 Å².